The van der Waals surface area contributed by atoms with Crippen molar-refractivity contribution in [3.05, 3.63) is 45.8 Å². The molecule has 1 aliphatic rings. The van der Waals surface area contributed by atoms with E-state index in [0.717, 1.165) is 12.3 Å². The van der Waals surface area contributed by atoms with Gasteiger partial charge >= 0.3 is 0 Å². The van der Waals surface area contributed by atoms with Crippen LogP contribution in [0.25, 0.3) is 0 Å². The highest BCUT2D eigenvalue weighted by atomic mass is 35.5. The Hall–Kier alpha value is -2.19. The number of anilines is 1. The van der Waals surface area contributed by atoms with Crippen LogP contribution < -0.4 is 19.6 Å². The van der Waals surface area contributed by atoms with Gasteiger partial charge in [-0.05, 0) is 0 Å². The van der Waals surface area contributed by atoms with Crippen molar-refractivity contribution in [1.29, 1.82) is 0 Å². The van der Waals surface area contributed by atoms with Gasteiger partial charge in [-0.1, -0.05) is 11.6 Å². The highest BCUT2D eigenvalue weighted by Gasteiger charge is 2.22. The fraction of sp³-hybridized carbons (Fsp3) is 0.0833. The number of rotatable bonds is 3. The van der Waals surface area contributed by atoms with Crippen LogP contribution >= 0.6 is 11.6 Å². The SMILES string of the molecule is O=c1cc[nH]cc1S(=O)(=O)Nc1cc2c(cc1Cl)OCO2. The topological polar surface area (TPSA) is 97.5 Å². The van der Waals surface area contributed by atoms with Crippen molar-refractivity contribution in [2.24, 2.45) is 0 Å². The summed E-state index contributed by atoms with van der Waals surface area (Å²) in [6, 6.07) is 3.96. The van der Waals surface area contributed by atoms with Gasteiger partial charge in [0.05, 0.1) is 10.7 Å². The summed E-state index contributed by atoms with van der Waals surface area (Å²) in [7, 11) is -4.06. The maximum Gasteiger partial charge on any atom is 0.267 e. The number of H-pyrrole nitrogens is 1. The van der Waals surface area contributed by atoms with Gasteiger partial charge in [0, 0.05) is 30.6 Å². The fourth-order valence-corrected chi connectivity index (χ4v) is 3.19. The molecule has 2 heterocycles. The number of sulfonamides is 1. The summed E-state index contributed by atoms with van der Waals surface area (Å²) in [5.74, 6) is 0.805. The molecule has 1 aromatic carbocycles. The van der Waals surface area contributed by atoms with Crippen molar-refractivity contribution in [2.45, 2.75) is 4.90 Å². The molecule has 0 saturated heterocycles. The third-order valence-electron chi connectivity index (χ3n) is 2.78. The zero-order valence-electron chi connectivity index (χ0n) is 10.4. The Morgan fingerprint density at radius 1 is 1.24 bits per heavy atom. The first-order chi connectivity index (χ1) is 9.97. The van der Waals surface area contributed by atoms with Crippen LogP contribution in [-0.2, 0) is 10.0 Å². The van der Waals surface area contributed by atoms with Gasteiger partial charge in [-0.15, -0.1) is 0 Å². The zero-order chi connectivity index (χ0) is 15.0. The van der Waals surface area contributed by atoms with E-state index in [4.69, 9.17) is 21.1 Å². The summed E-state index contributed by atoms with van der Waals surface area (Å²) >= 11 is 5.99. The van der Waals surface area contributed by atoms with Crippen LogP contribution in [0.1, 0.15) is 0 Å². The van der Waals surface area contributed by atoms with E-state index in [0.29, 0.717) is 11.5 Å². The van der Waals surface area contributed by atoms with Crippen molar-refractivity contribution < 1.29 is 17.9 Å². The molecule has 110 valence electrons. The minimum absolute atomic E-state index is 0.0419. The predicted molar refractivity (Wildman–Crippen MR) is 75.4 cm³/mol. The molecule has 9 heteroatoms. The molecular weight excluding hydrogens is 320 g/mol. The maximum absolute atomic E-state index is 12.2. The van der Waals surface area contributed by atoms with E-state index in [2.05, 4.69) is 9.71 Å². The molecule has 2 aromatic rings. The third kappa shape index (κ3) is 2.55. The quantitative estimate of drug-likeness (QED) is 0.891. The van der Waals surface area contributed by atoms with Crippen LogP contribution in [0.3, 0.4) is 0 Å². The summed E-state index contributed by atoms with van der Waals surface area (Å²) in [4.78, 5) is 13.8. The van der Waals surface area contributed by atoms with Crippen molar-refractivity contribution in [1.82, 2.24) is 4.98 Å². The first-order valence-electron chi connectivity index (χ1n) is 5.76. The normalized spacial score (nSPS) is 13.2. The Labute approximate surface area is 124 Å². The molecule has 0 spiro atoms. The molecule has 0 saturated carbocycles. The Kier molecular flexibility index (Phi) is 3.26. The fourth-order valence-electron chi connectivity index (χ4n) is 1.81. The summed E-state index contributed by atoms with van der Waals surface area (Å²) in [6.45, 7) is 0.0419. The van der Waals surface area contributed by atoms with E-state index in [-0.39, 0.29) is 17.5 Å². The molecule has 3 rings (SSSR count). The first-order valence-corrected chi connectivity index (χ1v) is 7.62. The van der Waals surface area contributed by atoms with Crippen molar-refractivity contribution in [3.63, 3.8) is 0 Å². The number of nitrogens with one attached hydrogen (secondary N) is 2. The van der Waals surface area contributed by atoms with Gasteiger partial charge in [0.2, 0.25) is 12.2 Å². The van der Waals surface area contributed by atoms with Crippen LogP contribution in [0.4, 0.5) is 5.69 Å². The lowest BCUT2D eigenvalue weighted by Gasteiger charge is -2.09. The minimum Gasteiger partial charge on any atom is -0.454 e. The summed E-state index contributed by atoms with van der Waals surface area (Å²) in [6.07, 6.45) is 2.44. The number of halogens is 1. The van der Waals surface area contributed by atoms with E-state index in [1.165, 1.54) is 18.3 Å². The molecule has 1 aliphatic heterocycles. The average Bonchev–Trinajstić information content (AvgIpc) is 2.86. The van der Waals surface area contributed by atoms with Gasteiger partial charge in [0.25, 0.3) is 10.0 Å². The van der Waals surface area contributed by atoms with Crippen molar-refractivity contribution in [2.75, 3.05) is 11.5 Å². The van der Waals surface area contributed by atoms with Gasteiger partial charge in [0.1, 0.15) is 0 Å². The summed E-state index contributed by atoms with van der Waals surface area (Å²) in [5, 5.41) is 0.134. The van der Waals surface area contributed by atoms with E-state index in [9.17, 15) is 13.2 Å². The number of fused-ring (bicyclic) bond motifs is 1. The van der Waals surface area contributed by atoms with Crippen LogP contribution in [0.5, 0.6) is 11.5 Å². The standard InChI is InChI=1S/C12H9ClN2O5S/c13-7-3-10-11(20-6-19-10)4-8(7)15-21(17,18)12-5-14-2-1-9(12)16/h1-5,15H,6H2,(H,14,16). The van der Waals surface area contributed by atoms with E-state index >= 15 is 0 Å². The number of ether oxygens (including phenoxy) is 2. The predicted octanol–water partition coefficient (Wildman–Crippen LogP) is 1.56. The van der Waals surface area contributed by atoms with E-state index in [1.54, 1.807) is 0 Å². The molecular formula is C12H9ClN2O5S. The van der Waals surface area contributed by atoms with Gasteiger partial charge in [0.15, 0.2) is 16.4 Å². The van der Waals surface area contributed by atoms with Crippen LogP contribution in [0.2, 0.25) is 5.02 Å². The summed E-state index contributed by atoms with van der Waals surface area (Å²) in [5.41, 5.74) is -0.526. The van der Waals surface area contributed by atoms with Crippen molar-refractivity contribution >= 4 is 27.3 Å². The second-order valence-electron chi connectivity index (χ2n) is 4.16. The van der Waals surface area contributed by atoms with E-state index < -0.39 is 20.3 Å². The molecule has 0 unspecified atom stereocenters. The monoisotopic (exact) mass is 328 g/mol. The molecule has 7 nitrogen and oxygen atoms in total. The largest absolute Gasteiger partial charge is 0.454 e. The summed E-state index contributed by atoms with van der Waals surface area (Å²) < 4.78 is 37.0. The number of benzene rings is 1. The smallest absolute Gasteiger partial charge is 0.267 e. The number of aromatic nitrogens is 1. The molecule has 1 aromatic heterocycles. The second-order valence-corrected chi connectivity index (χ2v) is 6.22. The maximum atomic E-state index is 12.2. The molecule has 0 atom stereocenters. The van der Waals surface area contributed by atoms with Crippen LogP contribution in [0.15, 0.2) is 40.3 Å². The Morgan fingerprint density at radius 3 is 2.67 bits per heavy atom. The van der Waals surface area contributed by atoms with Gasteiger partial charge in [-0.2, -0.15) is 0 Å². The third-order valence-corrected chi connectivity index (χ3v) is 4.48. The van der Waals surface area contributed by atoms with E-state index in [1.807, 2.05) is 0 Å². The van der Waals surface area contributed by atoms with Gasteiger partial charge in [-0.25, -0.2) is 8.42 Å². The molecule has 0 amide bonds. The van der Waals surface area contributed by atoms with Crippen molar-refractivity contribution in [3.8, 4) is 11.5 Å². The lowest BCUT2D eigenvalue weighted by Crippen LogP contribution is -2.21. The Balaban J connectivity index is 2.01. The van der Waals surface area contributed by atoms with Gasteiger partial charge in [-0.3, -0.25) is 9.52 Å². The average molecular weight is 329 g/mol. The lowest BCUT2D eigenvalue weighted by atomic mass is 10.3. The number of aromatic amines is 1. The molecule has 0 bridgehead atoms. The molecule has 0 radical (unpaired) electrons. The van der Waals surface area contributed by atoms with Gasteiger partial charge < -0.3 is 14.5 Å². The highest BCUT2D eigenvalue weighted by Crippen LogP contribution is 2.39. The highest BCUT2D eigenvalue weighted by molar-refractivity contribution is 7.92. The number of hydrogen-bond acceptors (Lipinski definition) is 5. The number of pyridine rings is 1. The molecule has 0 aliphatic carbocycles. The Bertz CT molecular complexity index is 862. The zero-order valence-corrected chi connectivity index (χ0v) is 12.0. The molecule has 2 N–H and O–H groups in total. The second kappa shape index (κ2) is 4.97. The Morgan fingerprint density at radius 2 is 1.95 bits per heavy atom. The minimum atomic E-state index is -4.06. The van der Waals surface area contributed by atoms with Crippen LogP contribution in [0, 0.1) is 0 Å². The molecule has 0 fully saturated rings. The van der Waals surface area contributed by atoms with Crippen LogP contribution in [-0.4, -0.2) is 20.2 Å². The first kappa shape index (κ1) is 13.8. The number of hydrogen-bond donors (Lipinski definition) is 2. The lowest BCUT2D eigenvalue weighted by molar-refractivity contribution is 0.174. The molecule has 21 heavy (non-hydrogen) atoms.